The first-order chi connectivity index (χ1) is 7.70. The maximum Gasteiger partial charge on any atom is 0.0681 e. The number of benzene rings is 2. The quantitative estimate of drug-likeness (QED) is 0.852. The molecule has 0 spiro atoms. The van der Waals surface area contributed by atoms with Crippen LogP contribution in [0.5, 0.6) is 0 Å². The molecule has 0 unspecified atom stereocenters. The minimum atomic E-state index is 0.0572. The topological polar surface area (TPSA) is 20.2 Å². The van der Waals surface area contributed by atoms with E-state index in [0.29, 0.717) is 10.0 Å². The summed E-state index contributed by atoms with van der Waals surface area (Å²) in [4.78, 5) is 0. The fourth-order valence-electron chi connectivity index (χ4n) is 1.48. The largest absolute Gasteiger partial charge is 0.392 e. The van der Waals surface area contributed by atoms with Crippen LogP contribution in [-0.2, 0) is 6.61 Å². The third kappa shape index (κ3) is 2.38. The summed E-state index contributed by atoms with van der Waals surface area (Å²) < 4.78 is 0. The van der Waals surface area contributed by atoms with E-state index in [1.165, 1.54) is 0 Å². The van der Waals surface area contributed by atoms with E-state index in [1.807, 2.05) is 36.4 Å². The van der Waals surface area contributed by atoms with Crippen LogP contribution in [0.25, 0.3) is 11.1 Å². The lowest BCUT2D eigenvalue weighted by molar-refractivity contribution is 0.282. The number of halogens is 2. The number of aliphatic hydroxyl groups is 1. The van der Waals surface area contributed by atoms with Gasteiger partial charge in [-0.3, -0.25) is 0 Å². The first-order valence-corrected chi connectivity index (χ1v) is 5.61. The monoisotopic (exact) mass is 252 g/mol. The Kier molecular flexibility index (Phi) is 3.49. The van der Waals surface area contributed by atoms with E-state index in [-0.39, 0.29) is 6.61 Å². The van der Waals surface area contributed by atoms with Crippen molar-refractivity contribution in [3.63, 3.8) is 0 Å². The van der Waals surface area contributed by atoms with Gasteiger partial charge in [0.25, 0.3) is 0 Å². The second-order valence-corrected chi connectivity index (χ2v) is 4.30. The molecule has 0 aliphatic rings. The molecule has 0 atom stereocenters. The van der Waals surface area contributed by atoms with Gasteiger partial charge < -0.3 is 5.11 Å². The Labute approximate surface area is 104 Å². The van der Waals surface area contributed by atoms with Gasteiger partial charge in [-0.15, -0.1) is 0 Å². The van der Waals surface area contributed by atoms with Crippen LogP contribution < -0.4 is 0 Å². The molecule has 16 heavy (non-hydrogen) atoms. The summed E-state index contributed by atoms with van der Waals surface area (Å²) >= 11 is 11.8. The number of rotatable bonds is 2. The van der Waals surface area contributed by atoms with Crippen LogP contribution in [0.3, 0.4) is 0 Å². The van der Waals surface area contributed by atoms with Crippen LogP contribution in [-0.4, -0.2) is 5.11 Å². The second kappa shape index (κ2) is 4.88. The fourth-order valence-corrected chi connectivity index (χ4v) is 1.78. The predicted molar refractivity (Wildman–Crippen MR) is 67.8 cm³/mol. The first-order valence-electron chi connectivity index (χ1n) is 4.86. The molecule has 0 aliphatic heterocycles. The first kappa shape index (κ1) is 11.5. The molecule has 82 valence electrons. The second-order valence-electron chi connectivity index (χ2n) is 3.48. The van der Waals surface area contributed by atoms with Gasteiger partial charge in [-0.2, -0.15) is 0 Å². The zero-order valence-electron chi connectivity index (χ0n) is 8.45. The van der Waals surface area contributed by atoms with Gasteiger partial charge in [0.05, 0.1) is 16.7 Å². The lowest BCUT2D eigenvalue weighted by Gasteiger charge is -2.04. The molecule has 0 bridgehead atoms. The molecule has 2 aromatic carbocycles. The Hall–Kier alpha value is -1.02. The van der Waals surface area contributed by atoms with Crippen molar-refractivity contribution in [2.45, 2.75) is 6.61 Å². The van der Waals surface area contributed by atoms with E-state index >= 15 is 0 Å². The SMILES string of the molecule is OCc1ccc(-c2ccc(Cl)c(Cl)c2)cc1. The Bertz CT molecular complexity index is 492. The molecular formula is C13H10Cl2O. The molecule has 3 heteroatoms. The van der Waals surface area contributed by atoms with Crippen molar-refractivity contribution in [3.05, 3.63) is 58.1 Å². The van der Waals surface area contributed by atoms with Gasteiger partial charge in [-0.1, -0.05) is 53.5 Å². The highest BCUT2D eigenvalue weighted by Crippen LogP contribution is 2.28. The summed E-state index contributed by atoms with van der Waals surface area (Å²) in [5.41, 5.74) is 2.96. The van der Waals surface area contributed by atoms with Gasteiger partial charge in [-0.25, -0.2) is 0 Å². The average Bonchev–Trinajstić information content (AvgIpc) is 2.33. The Balaban J connectivity index is 2.38. The zero-order valence-corrected chi connectivity index (χ0v) is 9.96. The minimum absolute atomic E-state index is 0.0572. The van der Waals surface area contributed by atoms with Crippen LogP contribution in [0, 0.1) is 0 Å². The standard InChI is InChI=1S/C13H10Cl2O/c14-12-6-5-11(7-13(12)15)10-3-1-9(8-16)2-4-10/h1-7,16H,8H2. The number of hydrogen-bond donors (Lipinski definition) is 1. The van der Waals surface area contributed by atoms with Crippen LogP contribution >= 0.6 is 23.2 Å². The van der Waals surface area contributed by atoms with E-state index < -0.39 is 0 Å². The van der Waals surface area contributed by atoms with Crippen LogP contribution in [0.1, 0.15) is 5.56 Å². The number of hydrogen-bond acceptors (Lipinski definition) is 1. The Morgan fingerprint density at radius 3 is 2.00 bits per heavy atom. The highest BCUT2D eigenvalue weighted by atomic mass is 35.5. The molecule has 0 amide bonds. The third-order valence-electron chi connectivity index (χ3n) is 2.39. The fraction of sp³-hybridized carbons (Fsp3) is 0.0769. The van der Waals surface area contributed by atoms with E-state index in [2.05, 4.69) is 0 Å². The molecule has 0 heterocycles. The number of aliphatic hydroxyl groups excluding tert-OH is 1. The van der Waals surface area contributed by atoms with Gasteiger partial charge >= 0.3 is 0 Å². The molecule has 0 saturated carbocycles. The maximum absolute atomic E-state index is 8.94. The summed E-state index contributed by atoms with van der Waals surface area (Å²) in [5, 5.41) is 10.0. The summed E-state index contributed by atoms with van der Waals surface area (Å²) in [6.07, 6.45) is 0. The summed E-state index contributed by atoms with van der Waals surface area (Å²) in [5.74, 6) is 0. The molecule has 0 aliphatic carbocycles. The van der Waals surface area contributed by atoms with Crippen molar-refractivity contribution in [1.29, 1.82) is 0 Å². The molecule has 1 N–H and O–H groups in total. The average molecular weight is 253 g/mol. The van der Waals surface area contributed by atoms with Crippen molar-refractivity contribution in [1.82, 2.24) is 0 Å². The molecule has 0 aromatic heterocycles. The minimum Gasteiger partial charge on any atom is -0.392 e. The van der Waals surface area contributed by atoms with Gasteiger partial charge in [0.1, 0.15) is 0 Å². The van der Waals surface area contributed by atoms with Crippen molar-refractivity contribution in [2.75, 3.05) is 0 Å². The van der Waals surface area contributed by atoms with E-state index in [1.54, 1.807) is 6.07 Å². The molecular weight excluding hydrogens is 243 g/mol. The van der Waals surface area contributed by atoms with Crippen LogP contribution in [0.2, 0.25) is 10.0 Å². The van der Waals surface area contributed by atoms with Gasteiger partial charge in [0.15, 0.2) is 0 Å². The smallest absolute Gasteiger partial charge is 0.0681 e. The molecule has 0 radical (unpaired) electrons. The van der Waals surface area contributed by atoms with Crippen LogP contribution in [0.15, 0.2) is 42.5 Å². The Morgan fingerprint density at radius 1 is 0.812 bits per heavy atom. The van der Waals surface area contributed by atoms with E-state index in [9.17, 15) is 0 Å². The van der Waals surface area contributed by atoms with Gasteiger partial charge in [-0.05, 0) is 28.8 Å². The van der Waals surface area contributed by atoms with Crippen molar-refractivity contribution >= 4 is 23.2 Å². The van der Waals surface area contributed by atoms with E-state index in [0.717, 1.165) is 16.7 Å². The van der Waals surface area contributed by atoms with Gasteiger partial charge in [0.2, 0.25) is 0 Å². The summed E-state index contributed by atoms with van der Waals surface area (Å²) in [7, 11) is 0. The Morgan fingerprint density at radius 2 is 1.44 bits per heavy atom. The molecule has 0 saturated heterocycles. The maximum atomic E-state index is 8.94. The van der Waals surface area contributed by atoms with E-state index in [4.69, 9.17) is 28.3 Å². The highest BCUT2D eigenvalue weighted by molar-refractivity contribution is 6.42. The van der Waals surface area contributed by atoms with Crippen molar-refractivity contribution in [2.24, 2.45) is 0 Å². The molecule has 2 rings (SSSR count). The lowest BCUT2D eigenvalue weighted by Crippen LogP contribution is -1.83. The third-order valence-corrected chi connectivity index (χ3v) is 3.13. The summed E-state index contributed by atoms with van der Waals surface area (Å²) in [6, 6.07) is 13.2. The van der Waals surface area contributed by atoms with Crippen molar-refractivity contribution in [3.8, 4) is 11.1 Å². The summed E-state index contributed by atoms with van der Waals surface area (Å²) in [6.45, 7) is 0.0572. The molecule has 2 aromatic rings. The molecule has 1 nitrogen and oxygen atoms in total. The van der Waals surface area contributed by atoms with Crippen molar-refractivity contribution < 1.29 is 5.11 Å². The zero-order chi connectivity index (χ0) is 11.5. The lowest BCUT2D eigenvalue weighted by atomic mass is 10.0. The highest BCUT2D eigenvalue weighted by Gasteiger charge is 2.01. The predicted octanol–water partition coefficient (Wildman–Crippen LogP) is 4.15. The molecule has 0 fully saturated rings. The van der Waals surface area contributed by atoms with Gasteiger partial charge in [0, 0.05) is 0 Å². The van der Waals surface area contributed by atoms with Crippen LogP contribution in [0.4, 0.5) is 0 Å². The normalized spacial score (nSPS) is 10.4.